The molecule has 31 heavy (non-hydrogen) atoms. The van der Waals surface area contributed by atoms with Gasteiger partial charge in [0.25, 0.3) is 0 Å². The molecule has 0 radical (unpaired) electrons. The van der Waals surface area contributed by atoms with E-state index in [1.165, 1.54) is 21.2 Å². The van der Waals surface area contributed by atoms with Gasteiger partial charge >= 0.3 is 0 Å². The Morgan fingerprint density at radius 3 is 2.65 bits per heavy atom. The molecule has 0 bridgehead atoms. The Hall–Kier alpha value is -2.44. The van der Waals surface area contributed by atoms with E-state index in [1.807, 2.05) is 0 Å². The van der Waals surface area contributed by atoms with Crippen LogP contribution in [0.2, 0.25) is 0 Å². The van der Waals surface area contributed by atoms with Crippen LogP contribution in [0.1, 0.15) is 31.4 Å². The van der Waals surface area contributed by atoms with Crippen molar-refractivity contribution in [3.8, 4) is 0 Å². The molecule has 1 saturated heterocycles. The molecule has 1 spiro atoms. The van der Waals surface area contributed by atoms with E-state index in [-0.39, 0.29) is 16.7 Å². The number of aromatic nitrogens is 1. The fraction of sp³-hybridized carbons (Fsp3) is 0.440. The third-order valence-corrected chi connectivity index (χ3v) is 8.48. The molecule has 1 amide bonds. The second kappa shape index (κ2) is 6.78. The Balaban J connectivity index is 1.10. The van der Waals surface area contributed by atoms with E-state index in [9.17, 15) is 4.79 Å². The summed E-state index contributed by atoms with van der Waals surface area (Å²) >= 11 is 1.60. The van der Waals surface area contributed by atoms with Crippen molar-refractivity contribution in [1.29, 1.82) is 0 Å². The maximum Gasteiger partial charge on any atom is 0.235 e. The standard InChI is InChI=1S/C25H28N4OS/c1-24(2)16-25(24)19-15-17(7-8-20(19)26-23(25)30)9-10-28-11-13-29(14-12-28)22-18-5-3-4-6-21(18)31-27-22/h3-8,15H,9-14,16H2,1-2H3,(H,26,30). The van der Waals surface area contributed by atoms with Gasteiger partial charge in [0, 0.05) is 43.8 Å². The van der Waals surface area contributed by atoms with Crippen molar-refractivity contribution in [2.75, 3.05) is 42.9 Å². The van der Waals surface area contributed by atoms with Crippen LogP contribution >= 0.6 is 11.5 Å². The first-order valence-electron chi connectivity index (χ1n) is 11.2. The quantitative estimate of drug-likeness (QED) is 0.669. The highest BCUT2D eigenvalue weighted by Crippen LogP contribution is 2.68. The topological polar surface area (TPSA) is 48.5 Å². The summed E-state index contributed by atoms with van der Waals surface area (Å²) in [5.74, 6) is 1.34. The number of amides is 1. The predicted octanol–water partition coefficient (Wildman–Crippen LogP) is 4.28. The van der Waals surface area contributed by atoms with Crippen LogP contribution in [-0.2, 0) is 16.6 Å². The normalized spacial score (nSPS) is 24.6. The molecule has 1 aromatic heterocycles. The zero-order chi connectivity index (χ0) is 21.2. The van der Waals surface area contributed by atoms with Crippen molar-refractivity contribution in [2.24, 2.45) is 5.41 Å². The molecular weight excluding hydrogens is 404 g/mol. The lowest BCUT2D eigenvalue weighted by Crippen LogP contribution is -2.47. The fourth-order valence-corrected chi connectivity index (χ4v) is 6.39. The number of carbonyl (C=O) groups excluding carboxylic acids is 1. The fourth-order valence-electron chi connectivity index (χ4n) is 5.60. The molecule has 1 N–H and O–H groups in total. The number of carbonyl (C=O) groups is 1. The summed E-state index contributed by atoms with van der Waals surface area (Å²) in [5, 5.41) is 4.39. The monoisotopic (exact) mass is 432 g/mol. The van der Waals surface area contributed by atoms with Crippen LogP contribution in [0.15, 0.2) is 42.5 Å². The molecule has 3 heterocycles. The van der Waals surface area contributed by atoms with Crippen molar-refractivity contribution in [3.05, 3.63) is 53.6 Å². The van der Waals surface area contributed by atoms with Crippen molar-refractivity contribution in [3.63, 3.8) is 0 Å². The van der Waals surface area contributed by atoms with Crippen LogP contribution in [0.25, 0.3) is 10.1 Å². The Morgan fingerprint density at radius 1 is 1.10 bits per heavy atom. The minimum absolute atomic E-state index is 0.0666. The number of fused-ring (bicyclic) bond motifs is 3. The van der Waals surface area contributed by atoms with Gasteiger partial charge in [0.15, 0.2) is 0 Å². The van der Waals surface area contributed by atoms with E-state index in [1.54, 1.807) is 11.5 Å². The van der Waals surface area contributed by atoms with Gasteiger partial charge in [0.1, 0.15) is 5.82 Å². The second-order valence-corrected chi connectivity index (χ2v) is 10.7. The van der Waals surface area contributed by atoms with Gasteiger partial charge in [-0.05, 0) is 59.1 Å². The van der Waals surface area contributed by atoms with Gasteiger partial charge < -0.3 is 10.2 Å². The molecule has 1 saturated carbocycles. The average molecular weight is 433 g/mol. The number of nitrogens with zero attached hydrogens (tertiary/aromatic N) is 3. The number of hydrogen-bond acceptors (Lipinski definition) is 5. The summed E-state index contributed by atoms with van der Waals surface area (Å²) in [6, 6.07) is 15.1. The third-order valence-electron chi connectivity index (χ3n) is 7.66. The first-order chi connectivity index (χ1) is 15.0. The average Bonchev–Trinajstić information content (AvgIpc) is 3.06. The Bertz CT molecular complexity index is 1180. The van der Waals surface area contributed by atoms with E-state index in [4.69, 9.17) is 4.37 Å². The zero-order valence-electron chi connectivity index (χ0n) is 18.1. The van der Waals surface area contributed by atoms with Crippen LogP contribution in [-0.4, -0.2) is 47.9 Å². The minimum atomic E-state index is -0.291. The third kappa shape index (κ3) is 2.92. The zero-order valence-corrected chi connectivity index (χ0v) is 19.0. The molecule has 5 nitrogen and oxygen atoms in total. The summed E-state index contributed by atoms with van der Waals surface area (Å²) in [6.07, 6.45) is 1.98. The summed E-state index contributed by atoms with van der Waals surface area (Å²) in [6.45, 7) is 9.64. The Labute approximate surface area is 187 Å². The van der Waals surface area contributed by atoms with E-state index in [0.29, 0.717) is 0 Å². The molecule has 6 heteroatoms. The Morgan fingerprint density at radius 2 is 1.87 bits per heavy atom. The maximum absolute atomic E-state index is 12.6. The summed E-state index contributed by atoms with van der Waals surface area (Å²) < 4.78 is 5.99. The van der Waals surface area contributed by atoms with Gasteiger partial charge in [-0.25, -0.2) is 0 Å². The van der Waals surface area contributed by atoms with Crippen LogP contribution in [0.4, 0.5) is 11.5 Å². The van der Waals surface area contributed by atoms with Crippen LogP contribution in [0, 0.1) is 5.41 Å². The molecule has 3 aromatic rings. The maximum atomic E-state index is 12.6. The molecule has 160 valence electrons. The van der Waals surface area contributed by atoms with Gasteiger partial charge in [-0.15, -0.1) is 0 Å². The molecule has 2 aliphatic heterocycles. The molecule has 1 atom stereocenters. The van der Waals surface area contributed by atoms with Crippen LogP contribution < -0.4 is 10.2 Å². The van der Waals surface area contributed by atoms with Crippen molar-refractivity contribution < 1.29 is 4.79 Å². The second-order valence-electron chi connectivity index (χ2n) is 9.88. The minimum Gasteiger partial charge on any atom is -0.353 e. The number of benzene rings is 2. The molecule has 6 rings (SSSR count). The summed E-state index contributed by atoms with van der Waals surface area (Å²) in [5.41, 5.74) is 3.35. The first-order valence-corrected chi connectivity index (χ1v) is 12.0. The number of rotatable bonds is 4. The number of hydrogen-bond donors (Lipinski definition) is 1. The number of anilines is 2. The van der Waals surface area contributed by atoms with Crippen LogP contribution in [0.3, 0.4) is 0 Å². The van der Waals surface area contributed by atoms with Gasteiger partial charge in [0.05, 0.1) is 10.1 Å². The lowest BCUT2D eigenvalue weighted by atomic mass is 9.88. The van der Waals surface area contributed by atoms with Crippen LogP contribution in [0.5, 0.6) is 0 Å². The molecular formula is C25H28N4OS. The lowest BCUT2D eigenvalue weighted by Gasteiger charge is -2.35. The smallest absolute Gasteiger partial charge is 0.235 e. The number of piperazine rings is 1. The summed E-state index contributed by atoms with van der Waals surface area (Å²) in [7, 11) is 0. The molecule has 1 unspecified atom stereocenters. The highest BCUT2D eigenvalue weighted by Gasteiger charge is 2.70. The molecule has 1 aliphatic carbocycles. The molecule has 3 aliphatic rings. The van der Waals surface area contributed by atoms with E-state index in [0.717, 1.165) is 57.1 Å². The Kier molecular flexibility index (Phi) is 4.21. The van der Waals surface area contributed by atoms with Gasteiger partial charge in [-0.3, -0.25) is 9.69 Å². The SMILES string of the molecule is CC1(C)CC12C(=O)Nc1ccc(CCN3CCN(c4nsc5ccccc45)CC3)cc12. The van der Waals surface area contributed by atoms with Gasteiger partial charge in [-0.2, -0.15) is 4.37 Å². The van der Waals surface area contributed by atoms with Crippen molar-refractivity contribution >= 4 is 39.0 Å². The highest BCUT2D eigenvalue weighted by atomic mass is 32.1. The number of nitrogens with one attached hydrogen (secondary N) is 1. The van der Waals surface area contributed by atoms with Crippen molar-refractivity contribution in [1.82, 2.24) is 9.27 Å². The predicted molar refractivity (Wildman–Crippen MR) is 127 cm³/mol. The van der Waals surface area contributed by atoms with E-state index in [2.05, 4.69) is 71.4 Å². The largest absolute Gasteiger partial charge is 0.353 e. The van der Waals surface area contributed by atoms with Gasteiger partial charge in [0.2, 0.25) is 5.91 Å². The van der Waals surface area contributed by atoms with E-state index < -0.39 is 0 Å². The highest BCUT2D eigenvalue weighted by molar-refractivity contribution is 7.13. The first kappa shape index (κ1) is 19.3. The lowest BCUT2D eigenvalue weighted by molar-refractivity contribution is -0.118. The molecule has 2 fully saturated rings. The van der Waals surface area contributed by atoms with Crippen molar-refractivity contribution in [2.45, 2.75) is 32.1 Å². The molecule has 2 aromatic carbocycles. The van der Waals surface area contributed by atoms with Gasteiger partial charge in [-0.1, -0.05) is 38.1 Å². The summed E-state index contributed by atoms with van der Waals surface area (Å²) in [4.78, 5) is 17.6. The van der Waals surface area contributed by atoms with E-state index >= 15 is 0 Å².